The van der Waals surface area contributed by atoms with Crippen LogP contribution in [0.15, 0.2) is 18.2 Å². The molecule has 1 spiro atoms. The highest BCUT2D eigenvalue weighted by molar-refractivity contribution is 6.23. The van der Waals surface area contributed by atoms with E-state index in [-0.39, 0.29) is 42.3 Å². The van der Waals surface area contributed by atoms with E-state index in [9.17, 15) is 24.3 Å². The molecule has 0 saturated carbocycles. The molecule has 3 saturated heterocycles. The van der Waals surface area contributed by atoms with Crippen molar-refractivity contribution in [2.45, 2.75) is 31.7 Å². The zero-order chi connectivity index (χ0) is 21.8. The molecule has 1 aromatic carbocycles. The van der Waals surface area contributed by atoms with Crippen molar-refractivity contribution in [3.8, 4) is 0 Å². The molecule has 4 aliphatic heterocycles. The van der Waals surface area contributed by atoms with Gasteiger partial charge in [-0.1, -0.05) is 0 Å². The summed E-state index contributed by atoms with van der Waals surface area (Å²) in [6.45, 7) is 3.50. The molecule has 164 valence electrons. The summed E-state index contributed by atoms with van der Waals surface area (Å²) in [5.74, 6) is -1.82. The summed E-state index contributed by atoms with van der Waals surface area (Å²) in [5.41, 5.74) is 1.48. The minimum absolute atomic E-state index is 0.0532. The van der Waals surface area contributed by atoms with Crippen LogP contribution in [0.2, 0.25) is 0 Å². The van der Waals surface area contributed by atoms with E-state index in [1.807, 2.05) is 6.07 Å². The second-order valence-electron chi connectivity index (χ2n) is 9.05. The third-order valence-corrected chi connectivity index (χ3v) is 7.42. The van der Waals surface area contributed by atoms with Crippen molar-refractivity contribution in [2.75, 3.05) is 37.7 Å². The molecule has 2 atom stereocenters. The Balaban J connectivity index is 1.41. The first-order valence-corrected chi connectivity index (χ1v) is 10.9. The number of aliphatic hydroxyl groups excluding tert-OH is 1. The highest BCUT2D eigenvalue weighted by atomic mass is 16.3. The van der Waals surface area contributed by atoms with Gasteiger partial charge in [0, 0.05) is 37.7 Å². The Labute approximate surface area is 179 Å². The number of anilines is 1. The maximum Gasteiger partial charge on any atom is 0.262 e. The summed E-state index contributed by atoms with van der Waals surface area (Å²) in [4.78, 5) is 52.8. The number of hydrogen-bond acceptors (Lipinski definition) is 7. The fourth-order valence-electron chi connectivity index (χ4n) is 5.63. The largest absolute Gasteiger partial charge is 0.396 e. The van der Waals surface area contributed by atoms with Crippen LogP contribution >= 0.6 is 0 Å². The monoisotopic (exact) mass is 426 g/mol. The minimum atomic E-state index is -0.961. The number of hydrogen-bond donors (Lipinski definition) is 3. The first-order valence-electron chi connectivity index (χ1n) is 10.9. The van der Waals surface area contributed by atoms with E-state index in [1.165, 1.54) is 0 Å². The molecule has 9 nitrogen and oxygen atoms in total. The molecule has 3 N–H and O–H groups in total. The van der Waals surface area contributed by atoms with E-state index in [0.717, 1.165) is 43.1 Å². The van der Waals surface area contributed by atoms with Crippen LogP contribution in [0.25, 0.3) is 0 Å². The van der Waals surface area contributed by atoms with Gasteiger partial charge in [-0.15, -0.1) is 0 Å². The normalized spacial score (nSPS) is 27.8. The number of nitrogens with zero attached hydrogens (tertiary/aromatic N) is 2. The number of carbonyl (C=O) groups is 4. The minimum Gasteiger partial charge on any atom is -0.396 e. The van der Waals surface area contributed by atoms with E-state index >= 15 is 0 Å². The molecule has 4 heterocycles. The molecular weight excluding hydrogens is 400 g/mol. The second-order valence-corrected chi connectivity index (χ2v) is 9.05. The number of imide groups is 2. The Bertz CT molecular complexity index is 971. The van der Waals surface area contributed by atoms with E-state index < -0.39 is 23.8 Å². The van der Waals surface area contributed by atoms with Crippen LogP contribution in [0.4, 0.5) is 5.69 Å². The molecule has 31 heavy (non-hydrogen) atoms. The second kappa shape index (κ2) is 7.42. The summed E-state index contributed by atoms with van der Waals surface area (Å²) < 4.78 is 0. The zero-order valence-electron chi connectivity index (χ0n) is 17.2. The van der Waals surface area contributed by atoms with Crippen LogP contribution < -0.4 is 15.5 Å². The van der Waals surface area contributed by atoms with Crippen LogP contribution in [-0.4, -0.2) is 72.5 Å². The fraction of sp³-hybridized carbons (Fsp3) is 0.545. The van der Waals surface area contributed by atoms with Crippen molar-refractivity contribution in [3.63, 3.8) is 0 Å². The van der Waals surface area contributed by atoms with E-state index in [4.69, 9.17) is 0 Å². The highest BCUT2D eigenvalue weighted by Gasteiger charge is 2.48. The number of nitrogens with one attached hydrogen (secondary N) is 2. The number of amides is 4. The lowest BCUT2D eigenvalue weighted by Crippen LogP contribution is -2.54. The Hall–Kier alpha value is -2.78. The molecular formula is C22H26N4O5. The standard InChI is InChI=1S/C22H26N4O5/c27-11-13-10-25(12-22(13)5-7-23-8-6-22)14-1-2-15-16(9-14)21(31)26(20(15)30)17-3-4-18(28)24-19(17)29/h1-2,9,13,17,23,27H,3-8,10-12H2,(H,24,28,29). The van der Waals surface area contributed by atoms with Crippen LogP contribution in [0.1, 0.15) is 46.4 Å². The maximum absolute atomic E-state index is 13.1. The summed E-state index contributed by atoms with van der Waals surface area (Å²) >= 11 is 0. The van der Waals surface area contributed by atoms with Gasteiger partial charge in [0.1, 0.15) is 6.04 Å². The molecule has 3 fully saturated rings. The maximum atomic E-state index is 13.1. The van der Waals surface area contributed by atoms with Gasteiger partial charge < -0.3 is 15.3 Å². The van der Waals surface area contributed by atoms with Gasteiger partial charge >= 0.3 is 0 Å². The topological polar surface area (TPSA) is 119 Å². The average Bonchev–Trinajstić information content (AvgIpc) is 3.24. The third-order valence-electron chi connectivity index (χ3n) is 7.42. The van der Waals surface area contributed by atoms with Gasteiger partial charge in [-0.3, -0.25) is 29.4 Å². The lowest BCUT2D eigenvalue weighted by molar-refractivity contribution is -0.136. The lowest BCUT2D eigenvalue weighted by Gasteiger charge is -2.37. The summed E-state index contributed by atoms with van der Waals surface area (Å²) in [6.07, 6.45) is 2.24. The molecule has 1 aromatic rings. The number of fused-ring (bicyclic) bond motifs is 1. The van der Waals surface area contributed by atoms with Crippen LogP contribution in [0.5, 0.6) is 0 Å². The number of piperidine rings is 2. The molecule has 0 radical (unpaired) electrons. The zero-order valence-corrected chi connectivity index (χ0v) is 17.2. The summed E-state index contributed by atoms with van der Waals surface area (Å²) in [7, 11) is 0. The molecule has 4 amide bonds. The van der Waals surface area contributed by atoms with E-state index in [1.54, 1.807) is 12.1 Å². The van der Waals surface area contributed by atoms with Gasteiger partial charge in [-0.25, -0.2) is 0 Å². The lowest BCUT2D eigenvalue weighted by atomic mass is 9.71. The first-order chi connectivity index (χ1) is 14.9. The van der Waals surface area contributed by atoms with Crippen molar-refractivity contribution < 1.29 is 24.3 Å². The third kappa shape index (κ3) is 3.14. The smallest absolute Gasteiger partial charge is 0.262 e. The quantitative estimate of drug-likeness (QED) is 0.577. The van der Waals surface area contributed by atoms with E-state index in [0.29, 0.717) is 12.1 Å². The Morgan fingerprint density at radius 1 is 1.06 bits per heavy atom. The van der Waals surface area contributed by atoms with Gasteiger partial charge in [-0.05, 0) is 56.0 Å². The SMILES string of the molecule is O=C1CCC(N2C(=O)c3ccc(N4CC(CO)C5(CCNCC5)C4)cc3C2=O)C(=O)N1. The van der Waals surface area contributed by atoms with Crippen molar-refractivity contribution in [1.82, 2.24) is 15.5 Å². The first kappa shape index (κ1) is 20.1. The molecule has 5 rings (SSSR count). The van der Waals surface area contributed by atoms with Gasteiger partial charge in [0.15, 0.2) is 0 Å². The average molecular weight is 426 g/mol. The van der Waals surface area contributed by atoms with Crippen LogP contribution in [-0.2, 0) is 9.59 Å². The van der Waals surface area contributed by atoms with Crippen molar-refractivity contribution in [2.24, 2.45) is 11.3 Å². The number of carbonyl (C=O) groups excluding carboxylic acids is 4. The number of rotatable bonds is 3. The van der Waals surface area contributed by atoms with Crippen LogP contribution in [0, 0.1) is 11.3 Å². The molecule has 0 aromatic heterocycles. The van der Waals surface area contributed by atoms with Crippen molar-refractivity contribution in [3.05, 3.63) is 29.3 Å². The van der Waals surface area contributed by atoms with Gasteiger partial charge in [0.05, 0.1) is 11.1 Å². The summed E-state index contributed by atoms with van der Waals surface area (Å²) in [6, 6.07) is 4.26. The molecule has 9 heteroatoms. The van der Waals surface area contributed by atoms with Crippen molar-refractivity contribution >= 4 is 29.3 Å². The van der Waals surface area contributed by atoms with Crippen molar-refractivity contribution in [1.29, 1.82) is 0 Å². The number of benzene rings is 1. The molecule has 0 bridgehead atoms. The molecule has 0 aliphatic carbocycles. The summed E-state index contributed by atoms with van der Waals surface area (Å²) in [5, 5.41) is 15.6. The Morgan fingerprint density at radius 2 is 1.81 bits per heavy atom. The molecule has 4 aliphatic rings. The number of aliphatic hydroxyl groups is 1. The fourth-order valence-corrected chi connectivity index (χ4v) is 5.63. The molecule has 2 unspecified atom stereocenters. The van der Waals surface area contributed by atoms with Gasteiger partial charge in [0.2, 0.25) is 11.8 Å². The predicted molar refractivity (Wildman–Crippen MR) is 110 cm³/mol. The van der Waals surface area contributed by atoms with E-state index in [2.05, 4.69) is 15.5 Å². The Morgan fingerprint density at radius 3 is 2.52 bits per heavy atom. The van der Waals surface area contributed by atoms with Gasteiger partial charge in [-0.2, -0.15) is 0 Å². The highest BCUT2D eigenvalue weighted by Crippen LogP contribution is 2.45. The van der Waals surface area contributed by atoms with Gasteiger partial charge in [0.25, 0.3) is 11.8 Å². The van der Waals surface area contributed by atoms with Crippen LogP contribution in [0.3, 0.4) is 0 Å². The Kier molecular flexibility index (Phi) is 4.82. The predicted octanol–water partition coefficient (Wildman–Crippen LogP) is -0.114.